The second kappa shape index (κ2) is 10.7. The largest absolute Gasteiger partial charge is 0.497 e. The maximum Gasteiger partial charge on any atom is 0.235 e. The molecule has 2 atom stereocenters. The minimum Gasteiger partial charge on any atom is -0.497 e. The van der Waals surface area contributed by atoms with Crippen LogP contribution in [0.1, 0.15) is 17.7 Å². The quantitative estimate of drug-likeness (QED) is 0.491. The molecular formula is C25H27ClFN5O2S. The molecule has 2 N–H and O–H groups in total. The van der Waals surface area contributed by atoms with E-state index in [0.29, 0.717) is 49.1 Å². The number of ether oxygens (including phenoxy) is 1. The lowest BCUT2D eigenvalue weighted by Crippen LogP contribution is -2.51. The number of fused-ring (bicyclic) bond motifs is 2. The van der Waals surface area contributed by atoms with Crippen molar-refractivity contribution in [1.82, 2.24) is 20.2 Å². The number of methoxy groups -OCH3 is 1. The molecule has 7 nitrogen and oxygen atoms in total. The molecule has 10 heteroatoms. The lowest BCUT2D eigenvalue weighted by atomic mass is 10.0. The maximum absolute atomic E-state index is 15.0. The molecule has 0 spiro atoms. The number of thioether (sulfide) groups is 1. The predicted molar refractivity (Wildman–Crippen MR) is 137 cm³/mol. The molecule has 1 saturated heterocycles. The van der Waals surface area contributed by atoms with Gasteiger partial charge in [-0.3, -0.25) is 14.7 Å². The molecule has 0 radical (unpaired) electrons. The standard InChI is InChI=1S/C25H27ClFN5O2S/c1-34-16-3-4-21-18(10-16)17(19(26)12-29-21)6-8-32-9-7-22(20(27)13-32)28-11-15-2-5-23-25(30-15)31-24(33)14-35-23/h2-5,10,12,20,22,28H,6-9,11,13-14H2,1H3,(H,30,31,33)/t20-,22+/m0/s1. The Morgan fingerprint density at radius 2 is 2.23 bits per heavy atom. The summed E-state index contributed by atoms with van der Waals surface area (Å²) in [6.45, 7) is 2.34. The van der Waals surface area contributed by atoms with E-state index in [9.17, 15) is 4.79 Å². The molecule has 3 aromatic rings. The Morgan fingerprint density at radius 1 is 1.34 bits per heavy atom. The van der Waals surface area contributed by atoms with E-state index in [1.54, 1.807) is 13.3 Å². The zero-order valence-electron chi connectivity index (χ0n) is 19.4. The highest BCUT2D eigenvalue weighted by Gasteiger charge is 2.29. The number of rotatable bonds is 7. The summed E-state index contributed by atoms with van der Waals surface area (Å²) in [7, 11) is 1.64. The number of piperidine rings is 1. The molecule has 0 saturated carbocycles. The van der Waals surface area contributed by atoms with Gasteiger partial charge in [0.25, 0.3) is 0 Å². The summed E-state index contributed by atoms with van der Waals surface area (Å²) in [6.07, 6.45) is 2.11. The molecule has 4 heterocycles. The third-order valence-corrected chi connectivity index (χ3v) is 7.89. The van der Waals surface area contributed by atoms with Gasteiger partial charge in [-0.05, 0) is 55.3 Å². The van der Waals surface area contributed by atoms with Gasteiger partial charge < -0.3 is 15.4 Å². The summed E-state index contributed by atoms with van der Waals surface area (Å²) < 4.78 is 20.4. The summed E-state index contributed by atoms with van der Waals surface area (Å²) >= 11 is 7.96. The van der Waals surface area contributed by atoms with Crippen molar-refractivity contribution in [3.05, 3.63) is 52.8 Å². The van der Waals surface area contributed by atoms with Gasteiger partial charge in [-0.1, -0.05) is 11.6 Å². The van der Waals surface area contributed by atoms with Gasteiger partial charge in [0.2, 0.25) is 5.91 Å². The summed E-state index contributed by atoms with van der Waals surface area (Å²) in [5, 5.41) is 7.71. The Morgan fingerprint density at radius 3 is 3.06 bits per heavy atom. The molecule has 184 valence electrons. The molecule has 0 unspecified atom stereocenters. The van der Waals surface area contributed by atoms with Crippen LogP contribution < -0.4 is 15.4 Å². The molecule has 0 bridgehead atoms. The highest BCUT2D eigenvalue weighted by Crippen LogP contribution is 2.30. The fraction of sp³-hybridized carbons (Fsp3) is 0.400. The van der Waals surface area contributed by atoms with Crippen molar-refractivity contribution in [2.24, 2.45) is 0 Å². The van der Waals surface area contributed by atoms with E-state index in [0.717, 1.165) is 39.4 Å². The number of pyridine rings is 2. The van der Waals surface area contributed by atoms with Crippen LogP contribution in [0.5, 0.6) is 5.75 Å². The average molecular weight is 516 g/mol. The normalized spacial score (nSPS) is 20.5. The van der Waals surface area contributed by atoms with Crippen LogP contribution in [0.25, 0.3) is 10.9 Å². The molecule has 1 aromatic carbocycles. The zero-order valence-corrected chi connectivity index (χ0v) is 21.0. The van der Waals surface area contributed by atoms with Gasteiger partial charge >= 0.3 is 0 Å². The number of hydrogen-bond donors (Lipinski definition) is 2. The minimum atomic E-state index is -0.985. The first-order valence-corrected chi connectivity index (χ1v) is 13.0. The molecule has 5 rings (SSSR count). The monoisotopic (exact) mass is 515 g/mol. The fourth-order valence-electron chi connectivity index (χ4n) is 4.59. The number of aromatic nitrogens is 2. The second-order valence-corrected chi connectivity index (χ2v) is 10.2. The summed E-state index contributed by atoms with van der Waals surface area (Å²) in [5.74, 6) is 1.72. The molecular weight excluding hydrogens is 489 g/mol. The number of nitrogens with one attached hydrogen (secondary N) is 2. The second-order valence-electron chi connectivity index (χ2n) is 8.80. The van der Waals surface area contributed by atoms with E-state index in [-0.39, 0.29) is 11.9 Å². The summed E-state index contributed by atoms with van der Waals surface area (Å²) in [5.41, 5.74) is 2.66. The summed E-state index contributed by atoms with van der Waals surface area (Å²) in [6, 6.07) is 9.41. The maximum atomic E-state index is 15.0. The van der Waals surface area contributed by atoms with Crippen LogP contribution in [0.15, 0.2) is 41.4 Å². The molecule has 2 aliphatic heterocycles. The number of nitrogens with zero attached hydrogens (tertiary/aromatic N) is 3. The number of likely N-dealkylation sites (tertiary alicyclic amines) is 1. The topological polar surface area (TPSA) is 79.4 Å². The van der Waals surface area contributed by atoms with Crippen LogP contribution in [0.2, 0.25) is 5.02 Å². The van der Waals surface area contributed by atoms with Crippen molar-refractivity contribution < 1.29 is 13.9 Å². The van der Waals surface area contributed by atoms with Gasteiger partial charge in [0.05, 0.1) is 34.0 Å². The smallest absolute Gasteiger partial charge is 0.235 e. The Kier molecular flexibility index (Phi) is 7.38. The number of anilines is 1. The van der Waals surface area contributed by atoms with E-state index in [2.05, 4.69) is 25.5 Å². The number of benzene rings is 1. The van der Waals surface area contributed by atoms with E-state index < -0.39 is 6.17 Å². The van der Waals surface area contributed by atoms with E-state index in [1.807, 2.05) is 30.3 Å². The van der Waals surface area contributed by atoms with Gasteiger partial charge in [-0.15, -0.1) is 11.8 Å². The average Bonchev–Trinajstić information content (AvgIpc) is 2.87. The Bertz CT molecular complexity index is 1250. The third-order valence-electron chi connectivity index (χ3n) is 6.52. The number of alkyl halides is 1. The van der Waals surface area contributed by atoms with Crippen LogP contribution >= 0.6 is 23.4 Å². The predicted octanol–water partition coefficient (Wildman–Crippen LogP) is 4.08. The Labute approximate surface area is 212 Å². The molecule has 2 aromatic heterocycles. The molecule has 2 aliphatic rings. The van der Waals surface area contributed by atoms with Gasteiger partial charge in [-0.25, -0.2) is 9.37 Å². The highest BCUT2D eigenvalue weighted by atomic mass is 35.5. The number of hydrogen-bond acceptors (Lipinski definition) is 7. The van der Waals surface area contributed by atoms with Gasteiger partial charge in [0, 0.05) is 37.3 Å². The van der Waals surface area contributed by atoms with Crippen molar-refractivity contribution in [3.63, 3.8) is 0 Å². The van der Waals surface area contributed by atoms with Crippen molar-refractivity contribution in [2.45, 2.75) is 36.5 Å². The number of carbonyl (C=O) groups is 1. The van der Waals surface area contributed by atoms with Crippen molar-refractivity contribution in [3.8, 4) is 5.75 Å². The van der Waals surface area contributed by atoms with Crippen LogP contribution in [0.3, 0.4) is 0 Å². The lowest BCUT2D eigenvalue weighted by Gasteiger charge is -2.35. The van der Waals surface area contributed by atoms with Crippen molar-refractivity contribution in [2.75, 3.05) is 37.8 Å². The SMILES string of the molecule is COc1ccc2ncc(Cl)c(CCN3CC[C@@H](NCc4ccc5c(n4)NC(=O)CS5)[C@@H](F)C3)c2c1. The first kappa shape index (κ1) is 24.2. The van der Waals surface area contributed by atoms with Gasteiger partial charge in [-0.2, -0.15) is 0 Å². The van der Waals surface area contributed by atoms with Crippen molar-refractivity contribution in [1.29, 1.82) is 0 Å². The van der Waals surface area contributed by atoms with Crippen LogP contribution in [0.4, 0.5) is 10.2 Å². The van der Waals surface area contributed by atoms with E-state index in [1.165, 1.54) is 11.8 Å². The Hall–Kier alpha value is -2.46. The molecule has 35 heavy (non-hydrogen) atoms. The summed E-state index contributed by atoms with van der Waals surface area (Å²) in [4.78, 5) is 23.7. The Balaban J connectivity index is 1.16. The van der Waals surface area contributed by atoms with Gasteiger partial charge in [0.1, 0.15) is 17.7 Å². The highest BCUT2D eigenvalue weighted by molar-refractivity contribution is 8.00. The molecule has 1 fully saturated rings. The van der Waals surface area contributed by atoms with Crippen LogP contribution in [-0.2, 0) is 17.8 Å². The van der Waals surface area contributed by atoms with E-state index in [4.69, 9.17) is 16.3 Å². The fourth-order valence-corrected chi connectivity index (χ4v) is 5.59. The number of amides is 1. The van der Waals surface area contributed by atoms with Crippen LogP contribution in [0, 0.1) is 0 Å². The van der Waals surface area contributed by atoms with E-state index >= 15 is 4.39 Å². The minimum absolute atomic E-state index is 0.0449. The first-order valence-electron chi connectivity index (χ1n) is 11.6. The number of carbonyl (C=O) groups excluding carboxylic acids is 1. The lowest BCUT2D eigenvalue weighted by molar-refractivity contribution is -0.113. The van der Waals surface area contributed by atoms with Gasteiger partial charge in [0.15, 0.2) is 0 Å². The van der Waals surface area contributed by atoms with Crippen molar-refractivity contribution >= 4 is 46.0 Å². The zero-order chi connectivity index (χ0) is 24.4. The molecule has 1 amide bonds. The molecule has 0 aliphatic carbocycles. The van der Waals surface area contributed by atoms with Crippen LogP contribution in [-0.4, -0.2) is 65.5 Å². The third kappa shape index (κ3) is 5.53. The number of halogens is 2. The first-order chi connectivity index (χ1) is 17.0.